The predicted molar refractivity (Wildman–Crippen MR) is 78.4 cm³/mol. The van der Waals surface area contributed by atoms with Gasteiger partial charge in [0.25, 0.3) is 0 Å². The van der Waals surface area contributed by atoms with Crippen LogP contribution in [0.1, 0.15) is 24.2 Å². The van der Waals surface area contributed by atoms with Crippen LogP contribution in [0.5, 0.6) is 0 Å². The van der Waals surface area contributed by atoms with Gasteiger partial charge in [0.2, 0.25) is 0 Å². The normalized spacial score (nSPS) is 17.2. The molecule has 2 N–H and O–H groups in total. The van der Waals surface area contributed by atoms with E-state index in [0.29, 0.717) is 12.1 Å². The van der Waals surface area contributed by atoms with Gasteiger partial charge in [0, 0.05) is 38.4 Å². The third-order valence-electron chi connectivity index (χ3n) is 3.46. The molecule has 0 aromatic heterocycles. The molecule has 1 saturated heterocycles. The van der Waals surface area contributed by atoms with E-state index >= 15 is 0 Å². The van der Waals surface area contributed by atoms with Gasteiger partial charge in [-0.3, -0.25) is 4.90 Å². The van der Waals surface area contributed by atoms with Gasteiger partial charge in [-0.05, 0) is 38.1 Å². The Balaban J connectivity index is 1.92. The molecular formula is C15H22N2O3. The van der Waals surface area contributed by atoms with E-state index in [4.69, 9.17) is 5.11 Å². The molecule has 0 radical (unpaired) electrons. The summed E-state index contributed by atoms with van der Waals surface area (Å²) in [7, 11) is 0. The topological polar surface area (TPSA) is 64.0 Å². The third kappa shape index (κ3) is 3.95. The van der Waals surface area contributed by atoms with Crippen LogP contribution in [0.4, 0.5) is 5.69 Å². The second-order valence-electron chi connectivity index (χ2n) is 5.93. The van der Waals surface area contributed by atoms with E-state index in [-0.39, 0.29) is 0 Å². The fourth-order valence-corrected chi connectivity index (χ4v) is 2.53. The zero-order valence-corrected chi connectivity index (χ0v) is 12.0. The van der Waals surface area contributed by atoms with Crippen molar-refractivity contribution in [2.75, 3.05) is 37.6 Å². The Labute approximate surface area is 119 Å². The van der Waals surface area contributed by atoms with Gasteiger partial charge in [-0.1, -0.05) is 0 Å². The van der Waals surface area contributed by atoms with Crippen molar-refractivity contribution >= 4 is 11.7 Å². The maximum absolute atomic E-state index is 10.8. The molecule has 110 valence electrons. The van der Waals surface area contributed by atoms with Gasteiger partial charge in [-0.2, -0.15) is 0 Å². The number of β-amino-alcohol motifs (C(OH)–C–C–N with tert-alkyl or cyclic N) is 1. The van der Waals surface area contributed by atoms with E-state index in [9.17, 15) is 9.90 Å². The Morgan fingerprint density at radius 2 is 1.70 bits per heavy atom. The predicted octanol–water partition coefficient (Wildman–Crippen LogP) is 1.28. The molecule has 1 aromatic rings. The molecule has 0 aliphatic carbocycles. The number of carboxylic acids is 1. The zero-order valence-electron chi connectivity index (χ0n) is 12.0. The number of aromatic carboxylic acids is 1. The number of carboxylic acid groups (broad SMARTS) is 1. The average Bonchev–Trinajstić information content (AvgIpc) is 2.38. The molecule has 5 heteroatoms. The minimum Gasteiger partial charge on any atom is -0.478 e. The molecule has 0 unspecified atom stereocenters. The molecule has 1 aliphatic heterocycles. The van der Waals surface area contributed by atoms with Crippen molar-refractivity contribution in [2.45, 2.75) is 19.4 Å². The molecule has 0 atom stereocenters. The SMILES string of the molecule is CC(C)(O)CN1CCN(c2ccc(C(=O)O)cc2)CC1. The summed E-state index contributed by atoms with van der Waals surface area (Å²) in [5.41, 5.74) is 0.706. The van der Waals surface area contributed by atoms with E-state index in [1.807, 2.05) is 26.0 Å². The molecule has 1 fully saturated rings. The first kappa shape index (κ1) is 14.8. The van der Waals surface area contributed by atoms with Crippen LogP contribution in [0.15, 0.2) is 24.3 Å². The van der Waals surface area contributed by atoms with E-state index < -0.39 is 11.6 Å². The van der Waals surface area contributed by atoms with Gasteiger partial charge in [-0.25, -0.2) is 4.79 Å². The number of aliphatic hydroxyl groups is 1. The molecule has 5 nitrogen and oxygen atoms in total. The second-order valence-corrected chi connectivity index (χ2v) is 5.93. The lowest BCUT2D eigenvalue weighted by atomic mass is 10.1. The van der Waals surface area contributed by atoms with Crippen LogP contribution in [0, 0.1) is 0 Å². The van der Waals surface area contributed by atoms with Crippen LogP contribution in [-0.2, 0) is 0 Å². The molecule has 0 saturated carbocycles. The lowest BCUT2D eigenvalue weighted by Crippen LogP contribution is -2.50. The van der Waals surface area contributed by atoms with Crippen LogP contribution >= 0.6 is 0 Å². The Morgan fingerprint density at radius 1 is 1.15 bits per heavy atom. The first-order chi connectivity index (χ1) is 9.35. The first-order valence-corrected chi connectivity index (χ1v) is 6.88. The highest BCUT2D eigenvalue weighted by molar-refractivity contribution is 5.88. The molecular weight excluding hydrogens is 256 g/mol. The molecule has 1 heterocycles. The lowest BCUT2D eigenvalue weighted by molar-refractivity contribution is 0.0345. The minimum atomic E-state index is -0.897. The molecule has 2 rings (SSSR count). The van der Waals surface area contributed by atoms with Crippen molar-refractivity contribution in [1.82, 2.24) is 4.90 Å². The first-order valence-electron chi connectivity index (χ1n) is 6.88. The van der Waals surface area contributed by atoms with Gasteiger partial charge in [0.05, 0.1) is 11.2 Å². The van der Waals surface area contributed by atoms with Gasteiger partial charge in [0.1, 0.15) is 0 Å². The molecule has 20 heavy (non-hydrogen) atoms. The van der Waals surface area contributed by atoms with Crippen molar-refractivity contribution in [2.24, 2.45) is 0 Å². The van der Waals surface area contributed by atoms with Gasteiger partial charge < -0.3 is 15.1 Å². The molecule has 0 bridgehead atoms. The smallest absolute Gasteiger partial charge is 0.335 e. The van der Waals surface area contributed by atoms with Crippen molar-refractivity contribution in [1.29, 1.82) is 0 Å². The summed E-state index contributed by atoms with van der Waals surface area (Å²) in [6.45, 7) is 7.92. The number of anilines is 1. The number of carbonyl (C=O) groups is 1. The summed E-state index contributed by atoms with van der Waals surface area (Å²) in [6, 6.07) is 6.99. The van der Waals surface area contributed by atoms with E-state index in [2.05, 4.69) is 9.80 Å². The maximum Gasteiger partial charge on any atom is 0.335 e. The number of benzene rings is 1. The minimum absolute atomic E-state index is 0.314. The Morgan fingerprint density at radius 3 is 2.15 bits per heavy atom. The van der Waals surface area contributed by atoms with Gasteiger partial charge in [0.15, 0.2) is 0 Å². The number of piperazine rings is 1. The van der Waals surface area contributed by atoms with Crippen LogP contribution < -0.4 is 4.90 Å². The summed E-state index contributed by atoms with van der Waals surface area (Å²) in [6.07, 6.45) is 0. The number of hydrogen-bond donors (Lipinski definition) is 2. The third-order valence-corrected chi connectivity index (χ3v) is 3.46. The van der Waals surface area contributed by atoms with E-state index in [1.54, 1.807) is 12.1 Å². The number of rotatable bonds is 4. The standard InChI is InChI=1S/C15H22N2O3/c1-15(2,20)11-16-7-9-17(10-8-16)13-5-3-12(4-6-13)14(18)19/h3-6,20H,7-11H2,1-2H3,(H,18,19). The maximum atomic E-state index is 10.8. The van der Waals surface area contributed by atoms with Crippen LogP contribution in [-0.4, -0.2) is 59.4 Å². The van der Waals surface area contributed by atoms with Crippen molar-refractivity contribution in [3.8, 4) is 0 Å². The Hall–Kier alpha value is -1.59. The summed E-state index contributed by atoms with van der Waals surface area (Å²) in [5.74, 6) is -0.897. The second kappa shape index (κ2) is 5.81. The highest BCUT2D eigenvalue weighted by atomic mass is 16.4. The number of hydrogen-bond acceptors (Lipinski definition) is 4. The zero-order chi connectivity index (χ0) is 14.8. The fraction of sp³-hybridized carbons (Fsp3) is 0.533. The summed E-state index contributed by atoms with van der Waals surface area (Å²) in [5, 5.41) is 18.7. The van der Waals surface area contributed by atoms with Crippen LogP contribution in [0.3, 0.4) is 0 Å². The highest BCUT2D eigenvalue weighted by Crippen LogP contribution is 2.18. The molecule has 1 aliphatic rings. The van der Waals surface area contributed by atoms with Crippen molar-refractivity contribution in [3.63, 3.8) is 0 Å². The quantitative estimate of drug-likeness (QED) is 0.868. The van der Waals surface area contributed by atoms with Crippen LogP contribution in [0.2, 0.25) is 0 Å². The monoisotopic (exact) mass is 278 g/mol. The lowest BCUT2D eigenvalue weighted by Gasteiger charge is -2.38. The number of nitrogens with zero attached hydrogens (tertiary/aromatic N) is 2. The van der Waals surface area contributed by atoms with E-state index in [1.165, 1.54) is 0 Å². The van der Waals surface area contributed by atoms with Crippen molar-refractivity contribution in [3.05, 3.63) is 29.8 Å². The Kier molecular flexibility index (Phi) is 4.30. The van der Waals surface area contributed by atoms with Crippen LogP contribution in [0.25, 0.3) is 0 Å². The fourth-order valence-electron chi connectivity index (χ4n) is 2.53. The average molecular weight is 278 g/mol. The molecule has 0 spiro atoms. The van der Waals surface area contributed by atoms with Gasteiger partial charge in [-0.15, -0.1) is 0 Å². The van der Waals surface area contributed by atoms with Crippen molar-refractivity contribution < 1.29 is 15.0 Å². The summed E-state index contributed by atoms with van der Waals surface area (Å²) < 4.78 is 0. The Bertz CT molecular complexity index is 457. The largest absolute Gasteiger partial charge is 0.478 e. The van der Waals surface area contributed by atoms with Gasteiger partial charge >= 0.3 is 5.97 Å². The molecule has 0 amide bonds. The molecule has 1 aromatic carbocycles. The summed E-state index contributed by atoms with van der Waals surface area (Å²) in [4.78, 5) is 15.3. The summed E-state index contributed by atoms with van der Waals surface area (Å²) >= 11 is 0. The van der Waals surface area contributed by atoms with E-state index in [0.717, 1.165) is 31.9 Å². The highest BCUT2D eigenvalue weighted by Gasteiger charge is 2.22.